The molecule has 6 heteroatoms. The number of hydrogen-bond donors (Lipinski definition) is 1. The number of likely N-dealkylation sites (tertiary alicyclic amines) is 1. The Kier molecular flexibility index (Phi) is 8.98. The summed E-state index contributed by atoms with van der Waals surface area (Å²) >= 11 is 0. The van der Waals surface area contributed by atoms with Gasteiger partial charge in [0.15, 0.2) is 5.96 Å². The average Bonchev–Trinajstić information content (AvgIpc) is 2.89. The van der Waals surface area contributed by atoms with Gasteiger partial charge in [0, 0.05) is 19.6 Å². The van der Waals surface area contributed by atoms with Crippen molar-refractivity contribution >= 4 is 29.9 Å². The smallest absolute Gasteiger partial charge is 0.191 e. The highest BCUT2D eigenvalue weighted by atomic mass is 127. The van der Waals surface area contributed by atoms with E-state index in [1.54, 1.807) is 0 Å². The standard InChI is InChI=1S/C19H30N4O.HI/c20-19(23-10-12-24-13-11-23)21-15-17-6-5-7-18(14-17)16-22-8-3-1-2-4-9-22;/h5-7,14H,1-4,8-13,15-16H2,(H2,20,21);1H. The lowest BCUT2D eigenvalue weighted by Crippen LogP contribution is -2.44. The van der Waals surface area contributed by atoms with Crippen molar-refractivity contribution in [2.75, 3.05) is 39.4 Å². The number of aliphatic imine (C=N–C) groups is 1. The van der Waals surface area contributed by atoms with Crippen LogP contribution in [0.1, 0.15) is 36.8 Å². The van der Waals surface area contributed by atoms with Gasteiger partial charge in [0.1, 0.15) is 0 Å². The first-order valence-corrected chi connectivity index (χ1v) is 9.24. The Morgan fingerprint density at radius 1 is 1.00 bits per heavy atom. The molecule has 0 radical (unpaired) electrons. The SMILES string of the molecule is I.NC(=NCc1cccc(CN2CCCCCC2)c1)N1CCOCC1. The summed E-state index contributed by atoms with van der Waals surface area (Å²) in [6, 6.07) is 8.79. The van der Waals surface area contributed by atoms with E-state index in [9.17, 15) is 0 Å². The molecule has 2 aliphatic rings. The largest absolute Gasteiger partial charge is 0.378 e. The second-order valence-corrected chi connectivity index (χ2v) is 6.78. The van der Waals surface area contributed by atoms with Crippen LogP contribution in [-0.2, 0) is 17.8 Å². The van der Waals surface area contributed by atoms with Gasteiger partial charge in [-0.1, -0.05) is 37.1 Å². The van der Waals surface area contributed by atoms with Gasteiger partial charge in [-0.3, -0.25) is 4.90 Å². The highest BCUT2D eigenvalue weighted by Gasteiger charge is 2.12. The van der Waals surface area contributed by atoms with E-state index >= 15 is 0 Å². The fourth-order valence-electron chi connectivity index (χ4n) is 3.44. The molecule has 2 heterocycles. The fraction of sp³-hybridized carbons (Fsp3) is 0.632. The Balaban J connectivity index is 0.00000225. The molecule has 3 rings (SSSR count). The van der Waals surface area contributed by atoms with Crippen molar-refractivity contribution in [2.45, 2.75) is 38.8 Å². The number of ether oxygens (including phenoxy) is 1. The van der Waals surface area contributed by atoms with Gasteiger partial charge in [0.05, 0.1) is 19.8 Å². The van der Waals surface area contributed by atoms with Crippen molar-refractivity contribution in [3.05, 3.63) is 35.4 Å². The Morgan fingerprint density at radius 3 is 2.40 bits per heavy atom. The number of nitrogens with two attached hydrogens (primary N) is 1. The first kappa shape index (κ1) is 20.5. The van der Waals surface area contributed by atoms with Crippen molar-refractivity contribution in [1.82, 2.24) is 9.80 Å². The van der Waals surface area contributed by atoms with Crippen LogP contribution in [0.4, 0.5) is 0 Å². The summed E-state index contributed by atoms with van der Waals surface area (Å²) < 4.78 is 5.35. The summed E-state index contributed by atoms with van der Waals surface area (Å²) in [5.74, 6) is 0.635. The third-order valence-corrected chi connectivity index (χ3v) is 4.85. The number of morpholine rings is 1. The molecule has 0 spiro atoms. The maximum Gasteiger partial charge on any atom is 0.191 e. The summed E-state index contributed by atoms with van der Waals surface area (Å²) in [4.78, 5) is 9.25. The van der Waals surface area contributed by atoms with Gasteiger partial charge >= 0.3 is 0 Å². The lowest BCUT2D eigenvalue weighted by Gasteiger charge is -2.27. The van der Waals surface area contributed by atoms with Crippen LogP contribution in [0.25, 0.3) is 0 Å². The van der Waals surface area contributed by atoms with E-state index in [1.807, 2.05) is 0 Å². The maximum absolute atomic E-state index is 6.11. The predicted octanol–water partition coefficient (Wildman–Crippen LogP) is 2.83. The highest BCUT2D eigenvalue weighted by Crippen LogP contribution is 2.14. The predicted molar refractivity (Wildman–Crippen MR) is 113 cm³/mol. The second kappa shape index (κ2) is 11.0. The van der Waals surface area contributed by atoms with Crippen molar-refractivity contribution in [2.24, 2.45) is 10.7 Å². The molecule has 1 aromatic rings. The quantitative estimate of drug-likeness (QED) is 0.429. The Hall–Kier alpha value is -0.860. The number of halogens is 1. The van der Waals surface area contributed by atoms with Crippen molar-refractivity contribution in [3.63, 3.8) is 0 Å². The molecule has 2 saturated heterocycles. The normalized spacial score (nSPS) is 20.0. The molecule has 5 nitrogen and oxygen atoms in total. The molecular formula is C19H31IN4O. The van der Waals surface area contributed by atoms with Crippen LogP contribution in [-0.4, -0.2) is 55.2 Å². The van der Waals surface area contributed by atoms with Gasteiger partial charge in [0.2, 0.25) is 0 Å². The molecule has 0 saturated carbocycles. The molecule has 0 aliphatic carbocycles. The van der Waals surface area contributed by atoms with Crippen LogP contribution in [0.5, 0.6) is 0 Å². The molecule has 140 valence electrons. The van der Waals surface area contributed by atoms with Gasteiger partial charge in [-0.25, -0.2) is 4.99 Å². The minimum atomic E-state index is 0. The van der Waals surface area contributed by atoms with Crippen LogP contribution in [0, 0.1) is 0 Å². The molecule has 2 N–H and O–H groups in total. The molecular weight excluding hydrogens is 427 g/mol. The Labute approximate surface area is 168 Å². The summed E-state index contributed by atoms with van der Waals surface area (Å²) in [7, 11) is 0. The second-order valence-electron chi connectivity index (χ2n) is 6.78. The van der Waals surface area contributed by atoms with E-state index in [0.717, 1.165) is 32.8 Å². The Bertz CT molecular complexity index is 538. The van der Waals surface area contributed by atoms with E-state index in [-0.39, 0.29) is 24.0 Å². The summed E-state index contributed by atoms with van der Waals surface area (Å²) in [5, 5.41) is 0. The lowest BCUT2D eigenvalue weighted by atomic mass is 10.1. The minimum absolute atomic E-state index is 0. The summed E-state index contributed by atoms with van der Waals surface area (Å²) in [6.07, 6.45) is 5.43. The van der Waals surface area contributed by atoms with Crippen LogP contribution in [0.2, 0.25) is 0 Å². The van der Waals surface area contributed by atoms with E-state index in [0.29, 0.717) is 12.5 Å². The van der Waals surface area contributed by atoms with Crippen LogP contribution >= 0.6 is 24.0 Å². The summed E-state index contributed by atoms with van der Waals surface area (Å²) in [5.41, 5.74) is 8.73. The van der Waals surface area contributed by atoms with E-state index in [4.69, 9.17) is 10.5 Å². The van der Waals surface area contributed by atoms with E-state index in [2.05, 4.69) is 39.1 Å². The third kappa shape index (κ3) is 6.75. The van der Waals surface area contributed by atoms with Crippen molar-refractivity contribution in [1.29, 1.82) is 0 Å². The average molecular weight is 458 g/mol. The monoisotopic (exact) mass is 458 g/mol. The number of rotatable bonds is 4. The van der Waals surface area contributed by atoms with Crippen LogP contribution < -0.4 is 5.73 Å². The molecule has 2 fully saturated rings. The van der Waals surface area contributed by atoms with Gasteiger partial charge in [-0.05, 0) is 37.1 Å². The van der Waals surface area contributed by atoms with E-state index < -0.39 is 0 Å². The first-order chi connectivity index (χ1) is 11.8. The van der Waals surface area contributed by atoms with Gasteiger partial charge in [0.25, 0.3) is 0 Å². The first-order valence-electron chi connectivity index (χ1n) is 9.24. The van der Waals surface area contributed by atoms with Gasteiger partial charge < -0.3 is 15.4 Å². The molecule has 0 amide bonds. The molecule has 2 aliphatic heterocycles. The number of nitrogens with zero attached hydrogens (tertiary/aromatic N) is 3. The number of guanidine groups is 1. The zero-order valence-electron chi connectivity index (χ0n) is 15.0. The zero-order chi connectivity index (χ0) is 16.6. The van der Waals surface area contributed by atoms with Crippen LogP contribution in [0.3, 0.4) is 0 Å². The zero-order valence-corrected chi connectivity index (χ0v) is 17.4. The number of hydrogen-bond acceptors (Lipinski definition) is 3. The highest BCUT2D eigenvalue weighted by molar-refractivity contribution is 14.0. The number of benzene rings is 1. The van der Waals surface area contributed by atoms with E-state index in [1.165, 1.54) is 49.9 Å². The van der Waals surface area contributed by atoms with Crippen LogP contribution in [0.15, 0.2) is 29.3 Å². The molecule has 0 aromatic heterocycles. The van der Waals surface area contributed by atoms with Crippen molar-refractivity contribution < 1.29 is 4.74 Å². The molecule has 0 unspecified atom stereocenters. The molecule has 0 atom stereocenters. The topological polar surface area (TPSA) is 54.1 Å². The lowest BCUT2D eigenvalue weighted by molar-refractivity contribution is 0.0674. The maximum atomic E-state index is 6.11. The molecule has 1 aromatic carbocycles. The fourth-order valence-corrected chi connectivity index (χ4v) is 3.44. The third-order valence-electron chi connectivity index (χ3n) is 4.85. The Morgan fingerprint density at radius 2 is 1.68 bits per heavy atom. The molecule has 0 bridgehead atoms. The summed E-state index contributed by atoms with van der Waals surface area (Å²) in [6.45, 7) is 7.31. The minimum Gasteiger partial charge on any atom is -0.378 e. The van der Waals surface area contributed by atoms with Gasteiger partial charge in [-0.15, -0.1) is 24.0 Å². The van der Waals surface area contributed by atoms with Gasteiger partial charge in [-0.2, -0.15) is 0 Å². The molecule has 25 heavy (non-hydrogen) atoms. The van der Waals surface area contributed by atoms with Crippen molar-refractivity contribution in [3.8, 4) is 0 Å².